The molecule has 1 N–H and O–H groups in total. The van der Waals surface area contributed by atoms with Crippen LogP contribution in [-0.2, 0) is 22.5 Å². The maximum atomic E-state index is 12.4. The van der Waals surface area contributed by atoms with Gasteiger partial charge in [0.15, 0.2) is 0 Å². The van der Waals surface area contributed by atoms with Crippen LogP contribution in [0, 0.1) is 5.92 Å². The number of carbonyl (C=O) groups is 1. The van der Waals surface area contributed by atoms with E-state index in [2.05, 4.69) is 10.5 Å². The van der Waals surface area contributed by atoms with E-state index in [1.54, 1.807) is 6.26 Å². The van der Waals surface area contributed by atoms with Gasteiger partial charge in [0.25, 0.3) is 0 Å². The molecule has 6 heteroatoms. The predicted molar refractivity (Wildman–Crippen MR) is 62.8 cm³/mol. The molecule has 0 spiro atoms. The molecule has 98 valence electrons. The van der Waals surface area contributed by atoms with Gasteiger partial charge in [0.05, 0.1) is 31.4 Å². The van der Waals surface area contributed by atoms with Crippen LogP contribution in [-0.4, -0.2) is 48.8 Å². The highest BCUT2D eigenvalue weighted by Crippen LogP contribution is 2.19. The van der Waals surface area contributed by atoms with E-state index in [0.29, 0.717) is 26.3 Å². The number of carbonyl (C=O) groups excluding carboxylic acids is 1. The molecule has 1 amide bonds. The molecule has 0 bridgehead atoms. The Morgan fingerprint density at radius 3 is 3.44 bits per heavy atom. The number of ether oxygens (including phenoxy) is 1. The number of nitrogens with one attached hydrogen (secondary N) is 1. The number of rotatable bonds is 1. The zero-order valence-electron chi connectivity index (χ0n) is 10.2. The standard InChI is InChI=1S/C12H17N3O3/c16-12(9-5-13-2-4-17-7-9)15-3-1-11-10(6-15)8-18-14-11/h8-9,13H,1-7H2. The molecular weight excluding hydrogens is 234 g/mol. The number of amides is 1. The summed E-state index contributed by atoms with van der Waals surface area (Å²) in [4.78, 5) is 14.3. The highest BCUT2D eigenvalue weighted by atomic mass is 16.5. The molecule has 0 saturated carbocycles. The number of aromatic nitrogens is 1. The van der Waals surface area contributed by atoms with Crippen molar-refractivity contribution in [2.75, 3.05) is 32.8 Å². The lowest BCUT2D eigenvalue weighted by atomic mass is 10.0. The van der Waals surface area contributed by atoms with Crippen molar-refractivity contribution in [1.29, 1.82) is 0 Å². The predicted octanol–water partition coefficient (Wildman–Crippen LogP) is -0.205. The summed E-state index contributed by atoms with van der Waals surface area (Å²) in [6, 6.07) is 0. The van der Waals surface area contributed by atoms with Crippen LogP contribution in [0.15, 0.2) is 10.8 Å². The van der Waals surface area contributed by atoms with Gasteiger partial charge in [-0.05, 0) is 0 Å². The van der Waals surface area contributed by atoms with Crippen molar-refractivity contribution in [3.05, 3.63) is 17.5 Å². The third-order valence-corrected chi connectivity index (χ3v) is 3.50. The first kappa shape index (κ1) is 11.7. The lowest BCUT2D eigenvalue weighted by Crippen LogP contribution is -2.43. The van der Waals surface area contributed by atoms with E-state index >= 15 is 0 Å². The SMILES string of the molecule is O=C(C1CNCCOC1)N1CCc2nocc2C1. The van der Waals surface area contributed by atoms with Gasteiger partial charge >= 0.3 is 0 Å². The van der Waals surface area contributed by atoms with Crippen molar-refractivity contribution >= 4 is 5.91 Å². The summed E-state index contributed by atoms with van der Waals surface area (Å²) >= 11 is 0. The molecule has 3 heterocycles. The molecule has 0 radical (unpaired) electrons. The fourth-order valence-electron chi connectivity index (χ4n) is 2.45. The van der Waals surface area contributed by atoms with Gasteiger partial charge in [-0.15, -0.1) is 0 Å². The zero-order chi connectivity index (χ0) is 12.4. The lowest BCUT2D eigenvalue weighted by Gasteiger charge is -2.29. The molecule has 1 aromatic rings. The van der Waals surface area contributed by atoms with E-state index in [-0.39, 0.29) is 11.8 Å². The fourth-order valence-corrected chi connectivity index (χ4v) is 2.45. The van der Waals surface area contributed by atoms with E-state index < -0.39 is 0 Å². The van der Waals surface area contributed by atoms with E-state index in [1.807, 2.05) is 4.90 Å². The summed E-state index contributed by atoms with van der Waals surface area (Å²) in [5.41, 5.74) is 2.01. The Bertz CT molecular complexity index is 424. The van der Waals surface area contributed by atoms with E-state index in [4.69, 9.17) is 9.26 Å². The molecule has 1 unspecified atom stereocenters. The first-order valence-electron chi connectivity index (χ1n) is 6.34. The van der Waals surface area contributed by atoms with Crippen LogP contribution in [0.25, 0.3) is 0 Å². The molecule has 2 aliphatic rings. The highest BCUT2D eigenvalue weighted by Gasteiger charge is 2.29. The maximum Gasteiger partial charge on any atom is 0.229 e. The third-order valence-electron chi connectivity index (χ3n) is 3.50. The van der Waals surface area contributed by atoms with Crippen LogP contribution in [0.5, 0.6) is 0 Å². The van der Waals surface area contributed by atoms with Crippen LogP contribution in [0.4, 0.5) is 0 Å². The Balaban J connectivity index is 1.66. The minimum Gasteiger partial charge on any atom is -0.379 e. The molecule has 1 atom stereocenters. The molecule has 0 aromatic carbocycles. The van der Waals surface area contributed by atoms with Crippen molar-refractivity contribution in [3.63, 3.8) is 0 Å². The molecular formula is C12H17N3O3. The summed E-state index contributed by atoms with van der Waals surface area (Å²) in [6.45, 7) is 4.03. The smallest absolute Gasteiger partial charge is 0.229 e. The summed E-state index contributed by atoms with van der Waals surface area (Å²) < 4.78 is 10.4. The van der Waals surface area contributed by atoms with Crippen molar-refractivity contribution < 1.29 is 14.1 Å². The second kappa shape index (κ2) is 5.07. The molecule has 3 rings (SSSR count). The van der Waals surface area contributed by atoms with E-state index in [9.17, 15) is 4.79 Å². The Kier molecular flexibility index (Phi) is 3.29. The normalized spacial score (nSPS) is 24.4. The molecule has 18 heavy (non-hydrogen) atoms. The van der Waals surface area contributed by atoms with Crippen molar-refractivity contribution in [1.82, 2.24) is 15.4 Å². The molecule has 1 aromatic heterocycles. The van der Waals surface area contributed by atoms with Gasteiger partial charge in [-0.3, -0.25) is 4.79 Å². The number of hydrogen-bond donors (Lipinski definition) is 1. The third kappa shape index (κ3) is 2.26. The van der Waals surface area contributed by atoms with E-state index in [0.717, 1.165) is 30.8 Å². The van der Waals surface area contributed by atoms with Crippen LogP contribution < -0.4 is 5.32 Å². The second-order valence-electron chi connectivity index (χ2n) is 4.77. The number of nitrogens with zero attached hydrogens (tertiary/aromatic N) is 2. The average Bonchev–Trinajstić information content (AvgIpc) is 2.69. The molecule has 1 saturated heterocycles. The lowest BCUT2D eigenvalue weighted by molar-refractivity contribution is -0.137. The Labute approximate surface area is 105 Å². The number of fused-ring (bicyclic) bond motifs is 1. The van der Waals surface area contributed by atoms with Gasteiger partial charge in [0.2, 0.25) is 5.91 Å². The van der Waals surface area contributed by atoms with Gasteiger partial charge in [0.1, 0.15) is 6.26 Å². The summed E-state index contributed by atoms with van der Waals surface area (Å²) in [5, 5.41) is 7.16. The van der Waals surface area contributed by atoms with Crippen LogP contribution in [0.3, 0.4) is 0 Å². The minimum absolute atomic E-state index is 0.0751. The minimum atomic E-state index is -0.0751. The van der Waals surface area contributed by atoms with Gasteiger partial charge < -0.3 is 19.5 Å². The Hall–Kier alpha value is -1.40. The quantitative estimate of drug-likeness (QED) is 0.748. The van der Waals surface area contributed by atoms with Crippen molar-refractivity contribution in [2.45, 2.75) is 13.0 Å². The number of hydrogen-bond acceptors (Lipinski definition) is 5. The van der Waals surface area contributed by atoms with Crippen LogP contribution in [0.1, 0.15) is 11.3 Å². The average molecular weight is 251 g/mol. The Morgan fingerprint density at radius 1 is 1.56 bits per heavy atom. The van der Waals surface area contributed by atoms with Gasteiger partial charge in [0, 0.05) is 31.6 Å². The first-order chi connectivity index (χ1) is 8.84. The molecule has 2 aliphatic heterocycles. The summed E-state index contributed by atoms with van der Waals surface area (Å²) in [5.74, 6) is 0.0881. The molecule has 0 aliphatic carbocycles. The largest absolute Gasteiger partial charge is 0.379 e. The van der Waals surface area contributed by atoms with Crippen molar-refractivity contribution in [3.8, 4) is 0 Å². The van der Waals surface area contributed by atoms with Gasteiger partial charge in [-0.2, -0.15) is 0 Å². The highest BCUT2D eigenvalue weighted by molar-refractivity contribution is 5.79. The Morgan fingerprint density at radius 2 is 2.50 bits per heavy atom. The molecule has 1 fully saturated rings. The fraction of sp³-hybridized carbons (Fsp3) is 0.667. The zero-order valence-corrected chi connectivity index (χ0v) is 10.2. The first-order valence-corrected chi connectivity index (χ1v) is 6.34. The maximum absolute atomic E-state index is 12.4. The monoisotopic (exact) mass is 251 g/mol. The van der Waals surface area contributed by atoms with Crippen LogP contribution in [0.2, 0.25) is 0 Å². The van der Waals surface area contributed by atoms with Crippen molar-refractivity contribution in [2.24, 2.45) is 5.92 Å². The molecule has 6 nitrogen and oxygen atoms in total. The second-order valence-corrected chi connectivity index (χ2v) is 4.77. The van der Waals surface area contributed by atoms with E-state index in [1.165, 1.54) is 0 Å². The van der Waals surface area contributed by atoms with Gasteiger partial charge in [-0.1, -0.05) is 5.16 Å². The summed E-state index contributed by atoms with van der Waals surface area (Å²) in [6.07, 6.45) is 2.41. The van der Waals surface area contributed by atoms with Crippen LogP contribution >= 0.6 is 0 Å². The van der Waals surface area contributed by atoms with Gasteiger partial charge in [-0.25, -0.2) is 0 Å². The summed E-state index contributed by atoms with van der Waals surface area (Å²) in [7, 11) is 0. The topological polar surface area (TPSA) is 67.6 Å².